The van der Waals surface area contributed by atoms with Gasteiger partial charge in [-0.05, 0) is 17.7 Å². The minimum Gasteiger partial charge on any atom is -0.502 e. The van der Waals surface area contributed by atoms with E-state index in [1.54, 1.807) is 17.2 Å². The first-order chi connectivity index (χ1) is 17.0. The summed E-state index contributed by atoms with van der Waals surface area (Å²) in [5.74, 6) is -2.75. The number of aromatic hydroxyl groups is 1. The number of hydrogen-bond acceptors (Lipinski definition) is 6. The maximum atomic E-state index is 15.3. The lowest BCUT2D eigenvalue weighted by Crippen LogP contribution is -2.55. The minimum atomic E-state index is -1.000. The molecule has 35 heavy (non-hydrogen) atoms. The SMILES string of the molecule is O=C1c2c(O)c(=O)ccn2N2CN1C/C=C/COc1cc(F)c(F)c3c1[C@@H]2c1ccccc1SC3. The largest absolute Gasteiger partial charge is 0.502 e. The molecular weight excluding hydrogens is 476 g/mol. The van der Waals surface area contributed by atoms with Crippen LogP contribution in [-0.4, -0.2) is 40.4 Å². The number of hydrogen-bond donors (Lipinski definition) is 1. The van der Waals surface area contributed by atoms with E-state index in [0.717, 1.165) is 16.5 Å². The van der Waals surface area contributed by atoms with Gasteiger partial charge in [-0.15, -0.1) is 11.8 Å². The Hall–Kier alpha value is -3.79. The summed E-state index contributed by atoms with van der Waals surface area (Å²) >= 11 is 1.39. The second-order valence-electron chi connectivity index (χ2n) is 8.40. The highest BCUT2D eigenvalue weighted by Gasteiger charge is 2.40. The lowest BCUT2D eigenvalue weighted by atomic mass is 9.92. The monoisotopic (exact) mass is 495 g/mol. The van der Waals surface area contributed by atoms with Gasteiger partial charge in [0.1, 0.15) is 25.1 Å². The van der Waals surface area contributed by atoms with Gasteiger partial charge < -0.3 is 14.7 Å². The molecule has 0 fully saturated rings. The first kappa shape index (κ1) is 21.7. The summed E-state index contributed by atoms with van der Waals surface area (Å²) < 4.78 is 37.3. The Labute approximate surface area is 202 Å². The summed E-state index contributed by atoms with van der Waals surface area (Å²) in [5, 5.41) is 12.4. The zero-order chi connectivity index (χ0) is 24.3. The van der Waals surface area contributed by atoms with Crippen LogP contribution in [-0.2, 0) is 5.75 Å². The highest BCUT2D eigenvalue weighted by molar-refractivity contribution is 7.98. The molecule has 7 nitrogen and oxygen atoms in total. The highest BCUT2D eigenvalue weighted by Crippen LogP contribution is 2.47. The molecule has 3 aliphatic rings. The fourth-order valence-electron chi connectivity index (χ4n) is 4.82. The molecule has 1 aromatic heterocycles. The van der Waals surface area contributed by atoms with Crippen LogP contribution in [0.15, 0.2) is 64.4 Å². The zero-order valence-electron chi connectivity index (χ0n) is 18.3. The van der Waals surface area contributed by atoms with Crippen molar-refractivity contribution in [1.29, 1.82) is 0 Å². The number of ether oxygens (including phenoxy) is 1. The van der Waals surface area contributed by atoms with E-state index in [1.807, 2.05) is 24.3 Å². The molecule has 4 heterocycles. The second-order valence-corrected chi connectivity index (χ2v) is 9.42. The van der Waals surface area contributed by atoms with Gasteiger partial charge in [0.2, 0.25) is 5.43 Å². The van der Waals surface area contributed by atoms with Crippen LogP contribution in [0.5, 0.6) is 11.5 Å². The quantitative estimate of drug-likeness (QED) is 0.481. The molecule has 10 heteroatoms. The third-order valence-electron chi connectivity index (χ3n) is 6.44. The van der Waals surface area contributed by atoms with Crippen molar-refractivity contribution < 1.29 is 23.4 Å². The third kappa shape index (κ3) is 3.31. The van der Waals surface area contributed by atoms with Gasteiger partial charge in [0.25, 0.3) is 5.91 Å². The number of pyridine rings is 1. The maximum absolute atomic E-state index is 15.3. The Morgan fingerprint density at radius 1 is 1.11 bits per heavy atom. The van der Waals surface area contributed by atoms with Gasteiger partial charge in [-0.3, -0.25) is 19.3 Å². The third-order valence-corrected chi connectivity index (χ3v) is 7.56. The van der Waals surface area contributed by atoms with E-state index >= 15 is 4.39 Å². The van der Waals surface area contributed by atoms with Crippen LogP contribution in [0.3, 0.4) is 0 Å². The summed E-state index contributed by atoms with van der Waals surface area (Å²) in [4.78, 5) is 27.9. The van der Waals surface area contributed by atoms with E-state index in [1.165, 1.54) is 33.6 Å². The fourth-order valence-corrected chi connectivity index (χ4v) is 5.93. The normalized spacial score (nSPS) is 19.5. The van der Waals surface area contributed by atoms with E-state index in [0.29, 0.717) is 5.56 Å². The molecule has 1 atom stereocenters. The molecular formula is C25H19F2N3O4S. The van der Waals surface area contributed by atoms with Crippen molar-refractivity contribution in [3.63, 3.8) is 0 Å². The van der Waals surface area contributed by atoms with Crippen LogP contribution in [0.1, 0.15) is 33.2 Å². The predicted octanol–water partition coefficient (Wildman–Crippen LogP) is 3.53. The number of thioether (sulfide) groups is 1. The molecule has 2 bridgehead atoms. The van der Waals surface area contributed by atoms with E-state index in [-0.39, 0.29) is 42.6 Å². The molecule has 0 saturated carbocycles. The number of aromatic nitrogens is 1. The van der Waals surface area contributed by atoms with Gasteiger partial charge in [0, 0.05) is 46.6 Å². The molecule has 178 valence electrons. The molecule has 0 saturated heterocycles. The van der Waals surface area contributed by atoms with Gasteiger partial charge in [0.05, 0.1) is 0 Å². The molecule has 3 aliphatic heterocycles. The van der Waals surface area contributed by atoms with Gasteiger partial charge in [-0.1, -0.05) is 24.3 Å². The number of nitrogens with zero attached hydrogens (tertiary/aromatic N) is 3. The topological polar surface area (TPSA) is 75.0 Å². The molecule has 1 N–H and O–H groups in total. The van der Waals surface area contributed by atoms with Crippen LogP contribution >= 0.6 is 11.8 Å². The smallest absolute Gasteiger partial charge is 0.278 e. The molecule has 3 aromatic rings. The van der Waals surface area contributed by atoms with Crippen molar-refractivity contribution in [3.05, 3.63) is 99.0 Å². The van der Waals surface area contributed by atoms with Crippen molar-refractivity contribution in [1.82, 2.24) is 9.58 Å². The standard InChI is InChI=1S/C25H19F2N3O4S/c26-16-11-18-20-15(21(16)27)12-35-19-6-2-1-5-14(19)22(20)30-13-28(8-3-4-10-34-18)25(33)23-24(32)17(31)7-9-29(23)30/h1-7,9,11,22,32H,8,10,12-13H2/b4-3+/t22-/m0/s1. The first-order valence-electron chi connectivity index (χ1n) is 11.0. The summed E-state index contributed by atoms with van der Waals surface area (Å²) in [7, 11) is 0. The highest BCUT2D eigenvalue weighted by atomic mass is 32.2. The van der Waals surface area contributed by atoms with Crippen molar-refractivity contribution in [2.24, 2.45) is 0 Å². The number of benzene rings is 2. The number of rotatable bonds is 0. The summed E-state index contributed by atoms with van der Waals surface area (Å²) in [6.45, 7) is 0.355. The summed E-state index contributed by atoms with van der Waals surface area (Å²) in [6, 6.07) is 9.05. The van der Waals surface area contributed by atoms with Crippen molar-refractivity contribution in [2.45, 2.75) is 16.7 Å². The summed E-state index contributed by atoms with van der Waals surface area (Å²) in [5.41, 5.74) is 0.551. The van der Waals surface area contributed by atoms with Gasteiger partial charge >= 0.3 is 0 Å². The van der Waals surface area contributed by atoms with Crippen LogP contribution in [0.25, 0.3) is 0 Å². The molecule has 0 spiro atoms. The van der Waals surface area contributed by atoms with E-state index in [9.17, 15) is 19.1 Å². The number of carbonyl (C=O) groups is 1. The zero-order valence-corrected chi connectivity index (χ0v) is 19.1. The molecule has 1 amide bonds. The Bertz CT molecular complexity index is 1470. The van der Waals surface area contributed by atoms with E-state index in [4.69, 9.17) is 4.74 Å². The van der Waals surface area contributed by atoms with Crippen LogP contribution < -0.4 is 15.2 Å². The van der Waals surface area contributed by atoms with Gasteiger partial charge in [0.15, 0.2) is 23.1 Å². The number of amides is 1. The molecule has 0 aliphatic carbocycles. The Morgan fingerprint density at radius 2 is 1.94 bits per heavy atom. The maximum Gasteiger partial charge on any atom is 0.278 e. The molecule has 0 unspecified atom stereocenters. The van der Waals surface area contributed by atoms with Gasteiger partial charge in [-0.25, -0.2) is 8.78 Å². The predicted molar refractivity (Wildman–Crippen MR) is 125 cm³/mol. The van der Waals surface area contributed by atoms with Gasteiger partial charge in [-0.2, -0.15) is 0 Å². The molecule has 0 radical (unpaired) electrons. The number of carbonyl (C=O) groups excluding carboxylic acids is 1. The lowest BCUT2D eigenvalue weighted by molar-refractivity contribution is 0.0701. The van der Waals surface area contributed by atoms with E-state index in [2.05, 4.69) is 0 Å². The first-order valence-corrected chi connectivity index (χ1v) is 12.0. The average Bonchev–Trinajstić information content (AvgIpc) is 3.03. The molecule has 2 aromatic carbocycles. The van der Waals surface area contributed by atoms with Crippen molar-refractivity contribution in [3.8, 4) is 11.5 Å². The molecule has 6 rings (SSSR count). The Morgan fingerprint density at radius 3 is 2.80 bits per heavy atom. The van der Waals surface area contributed by atoms with Crippen LogP contribution in [0.2, 0.25) is 0 Å². The Kier molecular flexibility index (Phi) is 5.06. The Balaban J connectivity index is 1.71. The van der Waals surface area contributed by atoms with Crippen LogP contribution in [0, 0.1) is 11.6 Å². The average molecular weight is 496 g/mol. The van der Waals surface area contributed by atoms with Crippen LogP contribution in [0.4, 0.5) is 8.78 Å². The van der Waals surface area contributed by atoms with Crippen molar-refractivity contribution >= 4 is 17.7 Å². The number of fused-ring (bicyclic) bond motifs is 7. The number of halogens is 2. The lowest BCUT2D eigenvalue weighted by Gasteiger charge is -2.44. The minimum absolute atomic E-state index is 0.0695. The van der Waals surface area contributed by atoms with Crippen molar-refractivity contribution in [2.75, 3.05) is 24.8 Å². The fraction of sp³-hybridized carbons (Fsp3) is 0.200. The van der Waals surface area contributed by atoms with E-state index < -0.39 is 34.8 Å². The summed E-state index contributed by atoms with van der Waals surface area (Å²) in [6.07, 6.45) is 4.83. The second kappa shape index (κ2) is 8.16.